The van der Waals surface area contributed by atoms with Crippen LogP contribution in [0.1, 0.15) is 16.7 Å². The molecule has 5 nitrogen and oxygen atoms in total. The predicted octanol–water partition coefficient (Wildman–Crippen LogP) is 3.48. The molecule has 2 aromatic rings. The van der Waals surface area contributed by atoms with Crippen LogP contribution < -0.4 is 9.64 Å². The fraction of sp³-hybridized carbons (Fsp3) is 0.263. The molecule has 0 heterocycles. The first-order valence-electron chi connectivity index (χ1n) is 7.65. The molecule has 0 radical (unpaired) electrons. The van der Waals surface area contributed by atoms with Crippen LogP contribution in [0.2, 0.25) is 0 Å². The van der Waals surface area contributed by atoms with Gasteiger partial charge < -0.3 is 14.5 Å². The van der Waals surface area contributed by atoms with E-state index >= 15 is 0 Å². The molecule has 126 valence electrons. The van der Waals surface area contributed by atoms with Gasteiger partial charge in [-0.25, -0.2) is 0 Å². The van der Waals surface area contributed by atoms with Crippen LogP contribution in [0.15, 0.2) is 47.6 Å². The van der Waals surface area contributed by atoms with Crippen molar-refractivity contribution < 1.29 is 14.4 Å². The second-order valence-corrected chi connectivity index (χ2v) is 5.50. The second kappa shape index (κ2) is 8.15. The number of hydrogen-bond acceptors (Lipinski definition) is 4. The summed E-state index contributed by atoms with van der Waals surface area (Å²) in [6.07, 6.45) is 1.14. The number of ether oxygens (including phenoxy) is 1. The lowest BCUT2D eigenvalue weighted by molar-refractivity contribution is -0.112. The van der Waals surface area contributed by atoms with Crippen molar-refractivity contribution in [3.05, 3.63) is 59.2 Å². The maximum atomic E-state index is 12.1. The summed E-state index contributed by atoms with van der Waals surface area (Å²) in [4.78, 5) is 18.2. The van der Waals surface area contributed by atoms with E-state index in [1.54, 1.807) is 7.05 Å². The Bertz CT molecular complexity index is 741. The molecule has 0 saturated heterocycles. The molecule has 24 heavy (non-hydrogen) atoms. The maximum Gasteiger partial charge on any atom is 0.272 e. The third kappa shape index (κ3) is 4.35. The fourth-order valence-electron chi connectivity index (χ4n) is 2.28. The smallest absolute Gasteiger partial charge is 0.272 e. The van der Waals surface area contributed by atoms with Gasteiger partial charge in [0.05, 0.1) is 5.69 Å². The van der Waals surface area contributed by atoms with E-state index < -0.39 is 0 Å². The van der Waals surface area contributed by atoms with Crippen molar-refractivity contribution in [1.29, 1.82) is 0 Å². The van der Waals surface area contributed by atoms with Gasteiger partial charge in [0.25, 0.3) is 5.91 Å². The van der Waals surface area contributed by atoms with E-state index in [0.717, 1.165) is 34.3 Å². The van der Waals surface area contributed by atoms with Crippen molar-refractivity contribution in [2.75, 3.05) is 19.1 Å². The minimum atomic E-state index is -0.268. The lowest BCUT2D eigenvalue weighted by atomic mass is 10.1. The third-order valence-corrected chi connectivity index (χ3v) is 3.68. The monoisotopic (exact) mass is 326 g/mol. The average Bonchev–Trinajstić information content (AvgIpc) is 2.60. The molecule has 0 N–H and O–H groups in total. The highest BCUT2D eigenvalue weighted by Gasteiger charge is 2.13. The third-order valence-electron chi connectivity index (χ3n) is 3.68. The number of para-hydroxylation sites is 1. The predicted molar refractivity (Wildman–Crippen MR) is 95.6 cm³/mol. The maximum absolute atomic E-state index is 12.1. The van der Waals surface area contributed by atoms with E-state index in [1.165, 1.54) is 12.0 Å². The summed E-state index contributed by atoms with van der Waals surface area (Å²) in [7, 11) is 3.09. The molecular formula is C19H22N2O3. The zero-order valence-corrected chi connectivity index (χ0v) is 14.4. The van der Waals surface area contributed by atoms with Crippen LogP contribution in [-0.4, -0.2) is 26.3 Å². The quantitative estimate of drug-likeness (QED) is 0.603. The summed E-state index contributed by atoms with van der Waals surface area (Å²) in [5, 5.41) is 3.52. The van der Waals surface area contributed by atoms with Crippen molar-refractivity contribution in [3.8, 4) is 5.75 Å². The lowest BCUT2D eigenvalue weighted by Gasteiger charge is -2.19. The van der Waals surface area contributed by atoms with Crippen molar-refractivity contribution in [3.63, 3.8) is 0 Å². The van der Waals surface area contributed by atoms with Gasteiger partial charge in [-0.1, -0.05) is 35.5 Å². The molecule has 0 unspecified atom stereocenters. The zero-order chi connectivity index (χ0) is 17.5. The highest BCUT2D eigenvalue weighted by atomic mass is 16.6. The van der Waals surface area contributed by atoms with Crippen LogP contribution >= 0.6 is 0 Å². The van der Waals surface area contributed by atoms with Crippen LogP contribution in [-0.2, 0) is 16.2 Å². The van der Waals surface area contributed by atoms with Gasteiger partial charge in [0, 0.05) is 12.6 Å². The Morgan fingerprint density at radius 2 is 1.96 bits per heavy atom. The summed E-state index contributed by atoms with van der Waals surface area (Å²) in [5.41, 5.74) is 3.91. The molecule has 0 spiro atoms. The molecule has 0 bridgehead atoms. The Hall–Kier alpha value is -2.82. The standard InChI is InChI=1S/C19H22N2O3/c1-14-9-10-15(2)18(11-14)24-13-16-7-5-6-8-17(16)21(3)19(22)12-20-23-4/h5-12H,13H2,1-4H3. The first kappa shape index (κ1) is 17.5. The number of anilines is 1. The Balaban J connectivity index is 2.18. The van der Waals surface area contributed by atoms with E-state index in [-0.39, 0.29) is 5.91 Å². The Morgan fingerprint density at radius 3 is 2.71 bits per heavy atom. The highest BCUT2D eigenvalue weighted by molar-refractivity contribution is 6.32. The van der Waals surface area contributed by atoms with E-state index in [0.29, 0.717) is 6.61 Å². The van der Waals surface area contributed by atoms with Crippen LogP contribution in [0.4, 0.5) is 5.69 Å². The van der Waals surface area contributed by atoms with Crippen LogP contribution in [0.25, 0.3) is 0 Å². The molecule has 0 aromatic heterocycles. The van der Waals surface area contributed by atoms with Gasteiger partial charge in [-0.2, -0.15) is 0 Å². The van der Waals surface area contributed by atoms with Gasteiger partial charge in [0.2, 0.25) is 0 Å². The normalized spacial score (nSPS) is 10.7. The number of oxime groups is 1. The molecule has 2 aromatic carbocycles. The van der Waals surface area contributed by atoms with Gasteiger partial charge >= 0.3 is 0 Å². The number of hydrogen-bond donors (Lipinski definition) is 0. The number of nitrogens with zero attached hydrogens (tertiary/aromatic N) is 2. The van der Waals surface area contributed by atoms with Crippen molar-refractivity contribution >= 4 is 17.8 Å². The minimum absolute atomic E-state index is 0.268. The molecule has 0 aliphatic heterocycles. The molecule has 2 rings (SSSR count). The average molecular weight is 326 g/mol. The zero-order valence-electron chi connectivity index (χ0n) is 14.4. The number of rotatable bonds is 6. The Kier molecular flexibility index (Phi) is 5.95. The summed E-state index contributed by atoms with van der Waals surface area (Å²) >= 11 is 0. The van der Waals surface area contributed by atoms with Crippen molar-refractivity contribution in [1.82, 2.24) is 0 Å². The van der Waals surface area contributed by atoms with Gasteiger partial charge in [0.1, 0.15) is 25.7 Å². The number of carbonyl (C=O) groups excluding carboxylic acids is 1. The van der Waals surface area contributed by atoms with Gasteiger partial charge in [-0.05, 0) is 37.1 Å². The van der Waals surface area contributed by atoms with E-state index in [9.17, 15) is 4.79 Å². The first-order valence-corrected chi connectivity index (χ1v) is 7.65. The molecule has 0 aliphatic carbocycles. The fourth-order valence-corrected chi connectivity index (χ4v) is 2.28. The number of benzene rings is 2. The van der Waals surface area contributed by atoms with Gasteiger partial charge in [-0.3, -0.25) is 4.79 Å². The topological polar surface area (TPSA) is 51.1 Å². The molecule has 0 saturated carbocycles. The second-order valence-electron chi connectivity index (χ2n) is 5.50. The van der Waals surface area contributed by atoms with E-state index in [4.69, 9.17) is 4.74 Å². The van der Waals surface area contributed by atoms with Crippen molar-refractivity contribution in [2.24, 2.45) is 5.16 Å². The van der Waals surface area contributed by atoms with Crippen LogP contribution in [0.5, 0.6) is 5.75 Å². The number of amides is 1. The summed E-state index contributed by atoms with van der Waals surface area (Å²) in [5.74, 6) is 0.579. The minimum Gasteiger partial charge on any atom is -0.489 e. The van der Waals surface area contributed by atoms with Gasteiger partial charge in [0.15, 0.2) is 0 Å². The summed E-state index contributed by atoms with van der Waals surface area (Å²) in [6.45, 7) is 4.42. The molecule has 5 heteroatoms. The highest BCUT2D eigenvalue weighted by Crippen LogP contribution is 2.24. The molecule has 1 amide bonds. The Labute approximate surface area is 142 Å². The number of aryl methyl sites for hydroxylation is 2. The molecule has 0 atom stereocenters. The summed E-state index contributed by atoms with van der Waals surface area (Å²) in [6, 6.07) is 13.7. The molecule has 0 aliphatic rings. The van der Waals surface area contributed by atoms with E-state index in [1.807, 2.05) is 50.2 Å². The van der Waals surface area contributed by atoms with Gasteiger partial charge in [-0.15, -0.1) is 0 Å². The molecule has 0 fully saturated rings. The first-order chi connectivity index (χ1) is 11.5. The van der Waals surface area contributed by atoms with Crippen molar-refractivity contribution in [2.45, 2.75) is 20.5 Å². The Morgan fingerprint density at radius 1 is 1.21 bits per heavy atom. The largest absolute Gasteiger partial charge is 0.489 e. The number of carbonyl (C=O) groups is 1. The molecular weight excluding hydrogens is 304 g/mol. The lowest BCUT2D eigenvalue weighted by Crippen LogP contribution is -2.28. The summed E-state index contributed by atoms with van der Waals surface area (Å²) < 4.78 is 5.96. The van der Waals surface area contributed by atoms with E-state index in [2.05, 4.69) is 16.1 Å². The SMILES string of the molecule is CON=CC(=O)N(C)c1ccccc1COc1cc(C)ccc1C. The van der Waals surface area contributed by atoms with Crippen LogP contribution in [0.3, 0.4) is 0 Å². The van der Waals surface area contributed by atoms with Crippen LogP contribution in [0, 0.1) is 13.8 Å².